The van der Waals surface area contributed by atoms with Gasteiger partial charge >= 0.3 is 0 Å². The van der Waals surface area contributed by atoms with Crippen LogP contribution in [0.15, 0.2) is 28.1 Å². The van der Waals surface area contributed by atoms with Crippen molar-refractivity contribution in [3.8, 4) is 0 Å². The monoisotopic (exact) mass is 212 g/mol. The first-order valence-electron chi connectivity index (χ1n) is 3.43. The topological polar surface area (TPSA) is 52.5 Å². The van der Waals surface area contributed by atoms with Crippen molar-refractivity contribution >= 4 is 34.1 Å². The van der Waals surface area contributed by atoms with E-state index in [0.29, 0.717) is 5.69 Å². The van der Waals surface area contributed by atoms with Gasteiger partial charge in [-0.05, 0) is 54.0 Å². The van der Waals surface area contributed by atoms with E-state index in [4.69, 9.17) is 0 Å². The lowest BCUT2D eigenvalue weighted by molar-refractivity contribution is 0.537. The maximum Gasteiger partial charge on any atom is 0.0769 e. The van der Waals surface area contributed by atoms with E-state index in [2.05, 4.69) is 22.4 Å². The van der Waals surface area contributed by atoms with Crippen molar-refractivity contribution in [2.75, 3.05) is 0 Å². The number of hydrogen-bond acceptors (Lipinski definition) is 4. The number of isothiocyanates is 1. The van der Waals surface area contributed by atoms with E-state index < -0.39 is 11.1 Å². The van der Waals surface area contributed by atoms with Crippen LogP contribution in [0, 0.1) is 6.92 Å². The van der Waals surface area contributed by atoms with Gasteiger partial charge in [0.15, 0.2) is 0 Å². The molecule has 0 N–H and O–H groups in total. The van der Waals surface area contributed by atoms with Gasteiger partial charge in [-0.3, -0.25) is 4.21 Å². The van der Waals surface area contributed by atoms with Gasteiger partial charge in [0.25, 0.3) is 0 Å². The van der Waals surface area contributed by atoms with Gasteiger partial charge < -0.3 is 4.55 Å². The number of benzene rings is 1. The summed E-state index contributed by atoms with van der Waals surface area (Å²) in [5, 5.41) is 2.23. The highest BCUT2D eigenvalue weighted by atomic mass is 32.2. The highest BCUT2D eigenvalue weighted by Crippen LogP contribution is 2.20. The zero-order valence-corrected chi connectivity index (χ0v) is 8.45. The number of hydrogen-bond donors (Lipinski definition) is 0. The molecule has 0 aliphatic heterocycles. The summed E-state index contributed by atoms with van der Waals surface area (Å²) in [5.41, 5.74) is 1.41. The molecule has 0 bridgehead atoms. The maximum absolute atomic E-state index is 10.6. The third kappa shape index (κ3) is 2.54. The van der Waals surface area contributed by atoms with E-state index in [9.17, 15) is 8.76 Å². The van der Waals surface area contributed by atoms with E-state index in [-0.39, 0.29) is 4.90 Å². The van der Waals surface area contributed by atoms with Crippen LogP contribution in [0.25, 0.3) is 0 Å². The fraction of sp³-hybridized carbons (Fsp3) is 0.125. The third-order valence-electron chi connectivity index (χ3n) is 1.53. The molecule has 0 saturated carbocycles. The minimum Gasteiger partial charge on any atom is -0.768 e. The van der Waals surface area contributed by atoms with Crippen LogP contribution in [-0.2, 0) is 11.1 Å². The van der Waals surface area contributed by atoms with Gasteiger partial charge in [-0.25, -0.2) is 0 Å². The van der Waals surface area contributed by atoms with Crippen molar-refractivity contribution in [2.45, 2.75) is 11.8 Å². The largest absolute Gasteiger partial charge is 0.768 e. The minimum absolute atomic E-state index is 0.251. The predicted molar refractivity (Wildman–Crippen MR) is 53.1 cm³/mol. The molecule has 13 heavy (non-hydrogen) atoms. The summed E-state index contributed by atoms with van der Waals surface area (Å²) < 4.78 is 21.1. The third-order valence-corrected chi connectivity index (χ3v) is 2.26. The van der Waals surface area contributed by atoms with Crippen LogP contribution in [0.1, 0.15) is 5.56 Å². The molecule has 0 aliphatic rings. The van der Waals surface area contributed by atoms with Crippen LogP contribution in [0.2, 0.25) is 0 Å². The first-order chi connectivity index (χ1) is 6.15. The lowest BCUT2D eigenvalue weighted by Gasteiger charge is -2.06. The van der Waals surface area contributed by atoms with Crippen molar-refractivity contribution in [3.63, 3.8) is 0 Å². The molecule has 1 atom stereocenters. The SMILES string of the molecule is Cc1cc(S(=O)[O-])ccc1N=C=S. The van der Waals surface area contributed by atoms with Crippen molar-refractivity contribution in [1.29, 1.82) is 0 Å². The molecule has 0 heterocycles. The standard InChI is InChI=1S/C8H7NO2S2/c1-6-4-7(13(10)11)2-3-8(6)9-5-12/h2-4H,1H3,(H,10,11)/p-1. The Morgan fingerprint density at radius 2 is 2.31 bits per heavy atom. The highest BCUT2D eigenvalue weighted by Gasteiger charge is 1.98. The zero-order valence-electron chi connectivity index (χ0n) is 6.81. The van der Waals surface area contributed by atoms with Crippen LogP contribution in [0.4, 0.5) is 5.69 Å². The Hall–Kier alpha value is -0.870. The Kier molecular flexibility index (Phi) is 3.45. The molecule has 0 saturated heterocycles. The molecule has 0 spiro atoms. The molecule has 1 unspecified atom stereocenters. The van der Waals surface area contributed by atoms with E-state index in [0.717, 1.165) is 5.56 Å². The molecule has 0 aromatic heterocycles. The summed E-state index contributed by atoms with van der Waals surface area (Å²) >= 11 is 2.25. The summed E-state index contributed by atoms with van der Waals surface area (Å²) in [5.74, 6) is 0. The fourth-order valence-electron chi connectivity index (χ4n) is 0.906. The van der Waals surface area contributed by atoms with Gasteiger partial charge in [0, 0.05) is 4.90 Å². The Labute approximate surface area is 83.8 Å². The first kappa shape index (κ1) is 10.2. The molecular formula is C8H6NO2S2-. The van der Waals surface area contributed by atoms with Crippen LogP contribution in [0.3, 0.4) is 0 Å². The second-order valence-electron chi connectivity index (χ2n) is 2.39. The van der Waals surface area contributed by atoms with Gasteiger partial charge in [-0.2, -0.15) is 4.99 Å². The zero-order chi connectivity index (χ0) is 9.84. The fourth-order valence-corrected chi connectivity index (χ4v) is 1.46. The number of nitrogens with zero attached hydrogens (tertiary/aromatic N) is 1. The second kappa shape index (κ2) is 4.39. The Bertz CT molecular complexity index is 397. The number of aliphatic imine (C=N–C) groups is 1. The maximum atomic E-state index is 10.6. The molecule has 1 aromatic rings. The number of aryl methyl sites for hydroxylation is 1. The van der Waals surface area contributed by atoms with E-state index in [1.54, 1.807) is 13.0 Å². The Morgan fingerprint density at radius 3 is 2.77 bits per heavy atom. The van der Waals surface area contributed by atoms with Crippen LogP contribution >= 0.6 is 12.2 Å². The van der Waals surface area contributed by atoms with Gasteiger partial charge in [0.05, 0.1) is 10.8 Å². The van der Waals surface area contributed by atoms with E-state index >= 15 is 0 Å². The molecule has 5 heteroatoms. The molecule has 3 nitrogen and oxygen atoms in total. The summed E-state index contributed by atoms with van der Waals surface area (Å²) in [7, 11) is 0. The number of thiocarbonyl (C=S) groups is 1. The predicted octanol–water partition coefficient (Wildman–Crippen LogP) is 1.97. The van der Waals surface area contributed by atoms with Crippen molar-refractivity contribution in [2.24, 2.45) is 4.99 Å². The Morgan fingerprint density at radius 1 is 1.62 bits per heavy atom. The van der Waals surface area contributed by atoms with Crippen LogP contribution in [-0.4, -0.2) is 13.9 Å². The van der Waals surface area contributed by atoms with Gasteiger partial charge in [0.1, 0.15) is 0 Å². The molecule has 1 rings (SSSR count). The van der Waals surface area contributed by atoms with Gasteiger partial charge in [-0.15, -0.1) is 0 Å². The summed E-state index contributed by atoms with van der Waals surface area (Å²) in [4.78, 5) is 4.02. The summed E-state index contributed by atoms with van der Waals surface area (Å²) in [6.45, 7) is 1.77. The smallest absolute Gasteiger partial charge is 0.0769 e. The van der Waals surface area contributed by atoms with Crippen molar-refractivity contribution in [1.82, 2.24) is 0 Å². The lowest BCUT2D eigenvalue weighted by Crippen LogP contribution is -1.88. The molecule has 0 amide bonds. The Balaban J connectivity index is 3.19. The molecule has 68 valence electrons. The summed E-state index contributed by atoms with van der Waals surface area (Å²) in [6, 6.07) is 4.61. The lowest BCUT2D eigenvalue weighted by atomic mass is 10.2. The molecule has 0 radical (unpaired) electrons. The first-order valence-corrected chi connectivity index (χ1v) is 4.91. The highest BCUT2D eigenvalue weighted by molar-refractivity contribution is 7.79. The summed E-state index contributed by atoms with van der Waals surface area (Å²) in [6.07, 6.45) is 0. The minimum atomic E-state index is -2.19. The molecule has 1 aromatic carbocycles. The second-order valence-corrected chi connectivity index (χ2v) is 3.51. The van der Waals surface area contributed by atoms with Gasteiger partial charge in [0.2, 0.25) is 0 Å². The van der Waals surface area contributed by atoms with Crippen molar-refractivity contribution < 1.29 is 8.76 Å². The average Bonchev–Trinajstić information content (AvgIpc) is 2.08. The van der Waals surface area contributed by atoms with Crippen LogP contribution in [0.5, 0.6) is 0 Å². The average molecular weight is 212 g/mol. The van der Waals surface area contributed by atoms with E-state index in [1.807, 2.05) is 0 Å². The molecule has 0 aliphatic carbocycles. The van der Waals surface area contributed by atoms with Crippen LogP contribution < -0.4 is 0 Å². The molecular weight excluding hydrogens is 206 g/mol. The normalized spacial score (nSPS) is 11.8. The van der Waals surface area contributed by atoms with Crippen molar-refractivity contribution in [3.05, 3.63) is 23.8 Å². The molecule has 0 fully saturated rings. The quantitative estimate of drug-likeness (QED) is 0.428. The van der Waals surface area contributed by atoms with E-state index in [1.165, 1.54) is 12.1 Å². The number of rotatable bonds is 2. The van der Waals surface area contributed by atoms with Gasteiger partial charge in [-0.1, -0.05) is 0 Å².